The van der Waals surface area contributed by atoms with Crippen LogP contribution in [0.15, 0.2) is 22.7 Å². The molecule has 2 atom stereocenters. The van der Waals surface area contributed by atoms with Gasteiger partial charge in [0, 0.05) is 11.5 Å². The van der Waals surface area contributed by atoms with Crippen LogP contribution in [-0.2, 0) is 21.5 Å². The van der Waals surface area contributed by atoms with E-state index in [1.165, 1.54) is 4.90 Å². The summed E-state index contributed by atoms with van der Waals surface area (Å²) in [4.78, 5) is 26.1. The Morgan fingerprint density at radius 1 is 1.19 bits per heavy atom. The topological polar surface area (TPSA) is 63.4 Å². The van der Waals surface area contributed by atoms with Gasteiger partial charge in [-0.2, -0.15) is 0 Å². The van der Waals surface area contributed by atoms with E-state index >= 15 is 0 Å². The van der Waals surface area contributed by atoms with Crippen molar-refractivity contribution in [2.24, 2.45) is 11.8 Å². The lowest BCUT2D eigenvalue weighted by Crippen LogP contribution is -2.30. The molecular weight excluding hydrogens is 268 g/mol. The Balaban J connectivity index is 1.78. The number of nitrogens with zero attached hydrogens (tertiary/aromatic N) is 2. The van der Waals surface area contributed by atoms with E-state index < -0.39 is 0 Å². The molecule has 5 nitrogen and oxygen atoms in total. The second-order valence-corrected chi connectivity index (χ2v) is 6.85. The van der Waals surface area contributed by atoms with E-state index in [2.05, 4.69) is 5.16 Å². The third kappa shape index (κ3) is 2.41. The van der Waals surface area contributed by atoms with Gasteiger partial charge in [-0.15, -0.1) is 0 Å². The summed E-state index contributed by atoms with van der Waals surface area (Å²) in [5, 5.41) is 4.00. The lowest BCUT2D eigenvalue weighted by Gasteiger charge is -2.14. The number of carbonyl (C=O) groups excluding carboxylic acids is 2. The lowest BCUT2D eigenvalue weighted by molar-refractivity contribution is -0.140. The number of rotatable bonds is 2. The van der Waals surface area contributed by atoms with Gasteiger partial charge < -0.3 is 4.52 Å². The molecule has 2 aliphatic rings. The van der Waals surface area contributed by atoms with Gasteiger partial charge in [-0.05, 0) is 12.8 Å². The summed E-state index contributed by atoms with van der Waals surface area (Å²) in [6.07, 6.45) is 5.31. The van der Waals surface area contributed by atoms with Crippen molar-refractivity contribution >= 4 is 11.8 Å². The van der Waals surface area contributed by atoms with E-state index in [9.17, 15) is 9.59 Å². The molecule has 112 valence electrons. The van der Waals surface area contributed by atoms with Crippen LogP contribution in [-0.4, -0.2) is 21.9 Å². The zero-order chi connectivity index (χ0) is 15.2. The maximum atomic E-state index is 12.4. The highest BCUT2D eigenvalue weighted by atomic mass is 16.5. The molecule has 2 heterocycles. The molecule has 0 bridgehead atoms. The summed E-state index contributed by atoms with van der Waals surface area (Å²) in [5.74, 6) is 0.243. The maximum absolute atomic E-state index is 12.4. The molecule has 1 aliphatic heterocycles. The van der Waals surface area contributed by atoms with Gasteiger partial charge >= 0.3 is 0 Å². The Hall–Kier alpha value is -1.91. The van der Waals surface area contributed by atoms with Crippen molar-refractivity contribution in [1.29, 1.82) is 0 Å². The highest BCUT2D eigenvalue weighted by Gasteiger charge is 2.47. The maximum Gasteiger partial charge on any atom is 0.233 e. The Morgan fingerprint density at radius 3 is 2.24 bits per heavy atom. The monoisotopic (exact) mass is 288 g/mol. The van der Waals surface area contributed by atoms with Gasteiger partial charge in [0.15, 0.2) is 0 Å². The van der Waals surface area contributed by atoms with Crippen molar-refractivity contribution in [3.05, 3.63) is 29.7 Å². The van der Waals surface area contributed by atoms with Crippen LogP contribution in [0.2, 0.25) is 0 Å². The second-order valence-electron chi connectivity index (χ2n) is 6.85. The second kappa shape index (κ2) is 4.83. The molecule has 3 rings (SSSR count). The molecule has 1 fully saturated rings. The molecular formula is C16H20N2O3. The number of hydrogen-bond donors (Lipinski definition) is 0. The van der Waals surface area contributed by atoms with Crippen LogP contribution in [0.3, 0.4) is 0 Å². The van der Waals surface area contributed by atoms with E-state index in [4.69, 9.17) is 4.52 Å². The molecule has 21 heavy (non-hydrogen) atoms. The molecule has 2 amide bonds. The molecule has 1 saturated heterocycles. The number of imide groups is 1. The Kier molecular flexibility index (Phi) is 3.23. The van der Waals surface area contributed by atoms with Gasteiger partial charge in [0.25, 0.3) is 0 Å². The Morgan fingerprint density at radius 2 is 1.76 bits per heavy atom. The summed E-state index contributed by atoms with van der Waals surface area (Å²) in [6.45, 7) is 6.31. The highest BCUT2D eigenvalue weighted by molar-refractivity contribution is 6.05. The Bertz CT molecular complexity index is 583. The molecule has 0 N–H and O–H groups in total. The smallest absolute Gasteiger partial charge is 0.233 e. The first-order chi connectivity index (χ1) is 9.88. The normalized spacial score (nSPS) is 25.6. The van der Waals surface area contributed by atoms with Crippen molar-refractivity contribution < 1.29 is 14.1 Å². The fourth-order valence-corrected chi connectivity index (χ4v) is 2.93. The highest BCUT2D eigenvalue weighted by Crippen LogP contribution is 2.36. The number of allylic oxidation sites excluding steroid dienone is 2. The number of fused-ring (bicyclic) bond motifs is 1. The fraction of sp³-hybridized carbons (Fsp3) is 0.562. The first-order valence-corrected chi connectivity index (χ1v) is 7.34. The minimum Gasteiger partial charge on any atom is -0.361 e. The van der Waals surface area contributed by atoms with Gasteiger partial charge in [-0.3, -0.25) is 14.5 Å². The molecule has 1 aromatic heterocycles. The number of hydrogen-bond acceptors (Lipinski definition) is 4. The summed E-state index contributed by atoms with van der Waals surface area (Å²) in [5.41, 5.74) is 0.496. The van der Waals surface area contributed by atoms with Crippen LogP contribution >= 0.6 is 0 Å². The van der Waals surface area contributed by atoms with E-state index in [1.54, 1.807) is 0 Å². The minimum absolute atomic E-state index is 0.0744. The fourth-order valence-electron chi connectivity index (χ4n) is 2.93. The van der Waals surface area contributed by atoms with Crippen molar-refractivity contribution in [3.63, 3.8) is 0 Å². The average Bonchev–Trinajstić information content (AvgIpc) is 2.99. The summed E-state index contributed by atoms with van der Waals surface area (Å²) >= 11 is 0. The van der Waals surface area contributed by atoms with Gasteiger partial charge in [-0.25, -0.2) is 0 Å². The number of likely N-dealkylation sites (tertiary alicyclic amines) is 1. The van der Waals surface area contributed by atoms with Crippen LogP contribution in [0, 0.1) is 11.8 Å². The van der Waals surface area contributed by atoms with Crippen LogP contribution < -0.4 is 0 Å². The minimum atomic E-state index is -0.184. The number of carbonyl (C=O) groups is 2. The number of amides is 2. The standard InChI is InChI=1S/C16H20N2O3/c1-16(2,3)13-8-10(17-21-13)9-18-14(19)11-6-4-5-7-12(11)15(18)20/h4-5,8,11-12H,6-7,9H2,1-3H3. The lowest BCUT2D eigenvalue weighted by atomic mass is 9.85. The Labute approximate surface area is 124 Å². The van der Waals surface area contributed by atoms with Gasteiger partial charge in [0.1, 0.15) is 11.5 Å². The molecule has 1 aliphatic carbocycles. The molecule has 5 heteroatoms. The number of aromatic nitrogens is 1. The third-order valence-corrected chi connectivity index (χ3v) is 4.22. The molecule has 2 unspecified atom stereocenters. The quantitative estimate of drug-likeness (QED) is 0.619. The predicted molar refractivity (Wildman–Crippen MR) is 76.1 cm³/mol. The molecule has 0 saturated carbocycles. The van der Waals surface area contributed by atoms with Crippen LogP contribution in [0.25, 0.3) is 0 Å². The average molecular weight is 288 g/mol. The van der Waals surface area contributed by atoms with Crippen molar-refractivity contribution in [2.45, 2.75) is 45.6 Å². The third-order valence-electron chi connectivity index (χ3n) is 4.22. The van der Waals surface area contributed by atoms with E-state index in [0.717, 1.165) is 5.76 Å². The molecule has 0 radical (unpaired) electrons. The SMILES string of the molecule is CC(C)(C)c1cc(CN2C(=O)C3CC=CCC3C2=O)no1. The first-order valence-electron chi connectivity index (χ1n) is 7.34. The zero-order valence-corrected chi connectivity index (χ0v) is 12.6. The molecule has 1 aromatic rings. The van der Waals surface area contributed by atoms with Crippen LogP contribution in [0.1, 0.15) is 45.1 Å². The first kappa shape index (κ1) is 14.0. The van der Waals surface area contributed by atoms with Crippen molar-refractivity contribution in [1.82, 2.24) is 10.1 Å². The summed E-state index contributed by atoms with van der Waals surface area (Å²) in [6, 6.07) is 1.83. The van der Waals surface area contributed by atoms with Gasteiger partial charge in [-0.1, -0.05) is 38.1 Å². The van der Waals surface area contributed by atoms with Crippen molar-refractivity contribution in [2.75, 3.05) is 0 Å². The largest absolute Gasteiger partial charge is 0.361 e. The van der Waals surface area contributed by atoms with Crippen LogP contribution in [0.4, 0.5) is 0 Å². The van der Waals surface area contributed by atoms with E-state index in [1.807, 2.05) is 39.0 Å². The van der Waals surface area contributed by atoms with Gasteiger partial charge in [0.05, 0.1) is 18.4 Å². The summed E-state index contributed by atoms with van der Waals surface area (Å²) < 4.78 is 5.32. The van der Waals surface area contributed by atoms with E-state index in [0.29, 0.717) is 18.5 Å². The van der Waals surface area contributed by atoms with E-state index in [-0.39, 0.29) is 35.6 Å². The summed E-state index contributed by atoms with van der Waals surface area (Å²) in [7, 11) is 0. The van der Waals surface area contributed by atoms with Crippen molar-refractivity contribution in [3.8, 4) is 0 Å². The molecule has 0 spiro atoms. The van der Waals surface area contributed by atoms with Crippen LogP contribution in [0.5, 0.6) is 0 Å². The zero-order valence-electron chi connectivity index (χ0n) is 12.6. The molecule has 0 aromatic carbocycles. The van der Waals surface area contributed by atoms with Gasteiger partial charge in [0.2, 0.25) is 11.8 Å². The predicted octanol–water partition coefficient (Wildman–Crippen LogP) is 2.42.